The van der Waals surface area contributed by atoms with Crippen LogP contribution in [0.25, 0.3) is 0 Å². The lowest BCUT2D eigenvalue weighted by Gasteiger charge is -2.07. The van der Waals surface area contributed by atoms with Crippen LogP contribution in [0, 0.1) is 0 Å². The highest BCUT2D eigenvalue weighted by Crippen LogP contribution is 2.10. The molecule has 0 saturated carbocycles. The number of carbonyl (C=O) groups excluding carboxylic acids is 1. The van der Waals surface area contributed by atoms with Crippen molar-refractivity contribution in [2.45, 2.75) is 39.2 Å². The molecule has 0 fully saturated rings. The molecule has 1 amide bonds. The lowest BCUT2D eigenvalue weighted by molar-refractivity contribution is 0.159. The standard InChI is InChI=1S/C14H22N2O2/c1-2-3-4-5-9-18-14(17)16-13-8-6-7-12(10-13)11-15/h6-8,10H,2-5,9,11,15H2,1H3,(H,16,17). The van der Waals surface area contributed by atoms with Crippen molar-refractivity contribution in [2.75, 3.05) is 11.9 Å². The summed E-state index contributed by atoms with van der Waals surface area (Å²) >= 11 is 0. The van der Waals surface area contributed by atoms with Crippen molar-refractivity contribution in [1.82, 2.24) is 0 Å². The molecule has 0 aliphatic heterocycles. The van der Waals surface area contributed by atoms with Crippen molar-refractivity contribution in [3.63, 3.8) is 0 Å². The van der Waals surface area contributed by atoms with E-state index in [1.54, 1.807) is 0 Å². The van der Waals surface area contributed by atoms with E-state index in [0.717, 1.165) is 24.1 Å². The SMILES string of the molecule is CCCCCCOC(=O)Nc1cccc(CN)c1. The number of anilines is 1. The van der Waals surface area contributed by atoms with Gasteiger partial charge in [0, 0.05) is 12.2 Å². The van der Waals surface area contributed by atoms with E-state index in [2.05, 4.69) is 12.2 Å². The minimum Gasteiger partial charge on any atom is -0.449 e. The number of amides is 1. The molecule has 0 bridgehead atoms. The maximum atomic E-state index is 11.5. The highest BCUT2D eigenvalue weighted by Gasteiger charge is 2.03. The lowest BCUT2D eigenvalue weighted by Crippen LogP contribution is -2.14. The van der Waals surface area contributed by atoms with E-state index in [1.807, 2.05) is 24.3 Å². The van der Waals surface area contributed by atoms with Gasteiger partial charge >= 0.3 is 6.09 Å². The van der Waals surface area contributed by atoms with Crippen LogP contribution in [0.4, 0.5) is 10.5 Å². The van der Waals surface area contributed by atoms with E-state index < -0.39 is 6.09 Å². The number of hydrogen-bond acceptors (Lipinski definition) is 3. The van der Waals surface area contributed by atoms with Gasteiger partial charge in [0.25, 0.3) is 0 Å². The minimum atomic E-state index is -0.402. The fraction of sp³-hybridized carbons (Fsp3) is 0.500. The van der Waals surface area contributed by atoms with E-state index in [4.69, 9.17) is 10.5 Å². The largest absolute Gasteiger partial charge is 0.449 e. The average molecular weight is 250 g/mol. The Hall–Kier alpha value is -1.55. The first kappa shape index (κ1) is 14.5. The number of rotatable bonds is 7. The Morgan fingerprint density at radius 2 is 2.17 bits per heavy atom. The van der Waals surface area contributed by atoms with Crippen LogP contribution in [-0.4, -0.2) is 12.7 Å². The number of carbonyl (C=O) groups is 1. The fourth-order valence-corrected chi connectivity index (χ4v) is 1.62. The maximum absolute atomic E-state index is 11.5. The normalized spacial score (nSPS) is 10.1. The molecular formula is C14H22N2O2. The Morgan fingerprint density at radius 3 is 2.89 bits per heavy atom. The highest BCUT2D eigenvalue weighted by atomic mass is 16.5. The quantitative estimate of drug-likeness (QED) is 0.730. The Morgan fingerprint density at radius 1 is 1.33 bits per heavy atom. The fourth-order valence-electron chi connectivity index (χ4n) is 1.62. The number of benzene rings is 1. The zero-order valence-electron chi connectivity index (χ0n) is 10.9. The molecule has 0 unspecified atom stereocenters. The molecule has 100 valence electrons. The summed E-state index contributed by atoms with van der Waals surface area (Å²) in [6.45, 7) is 3.09. The molecule has 0 aromatic heterocycles. The molecule has 0 heterocycles. The summed E-state index contributed by atoms with van der Waals surface area (Å²) in [5, 5.41) is 2.69. The number of ether oxygens (including phenoxy) is 1. The van der Waals surface area contributed by atoms with Gasteiger partial charge in [0.1, 0.15) is 0 Å². The van der Waals surface area contributed by atoms with Crippen LogP contribution in [0.5, 0.6) is 0 Å². The van der Waals surface area contributed by atoms with Crippen molar-refractivity contribution >= 4 is 11.8 Å². The van der Waals surface area contributed by atoms with Gasteiger partial charge in [0.05, 0.1) is 6.61 Å². The predicted octanol–water partition coefficient (Wildman–Crippen LogP) is 3.27. The molecule has 0 aliphatic rings. The molecule has 4 heteroatoms. The van der Waals surface area contributed by atoms with Crippen molar-refractivity contribution in [3.8, 4) is 0 Å². The molecule has 1 aromatic rings. The molecule has 0 spiro atoms. The van der Waals surface area contributed by atoms with E-state index >= 15 is 0 Å². The summed E-state index contributed by atoms with van der Waals surface area (Å²) in [7, 11) is 0. The first-order valence-corrected chi connectivity index (χ1v) is 6.49. The second kappa shape index (κ2) is 8.53. The van der Waals surface area contributed by atoms with Crippen LogP contribution in [0.2, 0.25) is 0 Å². The maximum Gasteiger partial charge on any atom is 0.411 e. The second-order valence-electron chi connectivity index (χ2n) is 4.23. The highest BCUT2D eigenvalue weighted by molar-refractivity contribution is 5.84. The number of nitrogens with two attached hydrogens (primary N) is 1. The molecule has 1 rings (SSSR count). The third kappa shape index (κ3) is 5.68. The van der Waals surface area contributed by atoms with E-state index in [1.165, 1.54) is 12.8 Å². The molecule has 0 saturated heterocycles. The van der Waals surface area contributed by atoms with Crippen molar-refractivity contribution in [2.24, 2.45) is 5.73 Å². The topological polar surface area (TPSA) is 64.3 Å². The summed E-state index contributed by atoms with van der Waals surface area (Å²) < 4.78 is 5.08. The van der Waals surface area contributed by atoms with Gasteiger partial charge < -0.3 is 10.5 Å². The molecule has 4 nitrogen and oxygen atoms in total. The Kier molecular flexibility index (Phi) is 6.87. The van der Waals surface area contributed by atoms with Crippen molar-refractivity contribution < 1.29 is 9.53 Å². The number of unbranched alkanes of at least 4 members (excludes halogenated alkanes) is 3. The smallest absolute Gasteiger partial charge is 0.411 e. The monoisotopic (exact) mass is 250 g/mol. The molecule has 18 heavy (non-hydrogen) atoms. The van der Waals surface area contributed by atoms with Crippen molar-refractivity contribution in [1.29, 1.82) is 0 Å². The minimum absolute atomic E-state index is 0.402. The predicted molar refractivity (Wildman–Crippen MR) is 73.4 cm³/mol. The van der Waals surface area contributed by atoms with Crippen LogP contribution in [0.1, 0.15) is 38.2 Å². The van der Waals surface area contributed by atoms with E-state index in [0.29, 0.717) is 13.2 Å². The van der Waals surface area contributed by atoms with Gasteiger partial charge in [0.2, 0.25) is 0 Å². The van der Waals surface area contributed by atoms with Crippen LogP contribution in [0.3, 0.4) is 0 Å². The second-order valence-corrected chi connectivity index (χ2v) is 4.23. The Balaban J connectivity index is 2.26. The van der Waals surface area contributed by atoms with E-state index in [-0.39, 0.29) is 0 Å². The van der Waals surface area contributed by atoms with Gasteiger partial charge in [-0.05, 0) is 24.1 Å². The Labute approximate surface area is 109 Å². The first-order chi connectivity index (χ1) is 8.76. The molecule has 0 aliphatic carbocycles. The summed E-state index contributed by atoms with van der Waals surface area (Å²) in [5.41, 5.74) is 7.23. The molecule has 0 atom stereocenters. The molecular weight excluding hydrogens is 228 g/mol. The van der Waals surface area contributed by atoms with Gasteiger partial charge in [-0.3, -0.25) is 5.32 Å². The zero-order chi connectivity index (χ0) is 13.2. The summed E-state index contributed by atoms with van der Waals surface area (Å²) in [6.07, 6.45) is 3.98. The van der Waals surface area contributed by atoms with Crippen LogP contribution >= 0.6 is 0 Å². The third-order valence-electron chi connectivity index (χ3n) is 2.64. The Bertz CT molecular complexity index is 367. The van der Waals surface area contributed by atoms with Crippen LogP contribution in [-0.2, 0) is 11.3 Å². The van der Waals surface area contributed by atoms with Crippen LogP contribution < -0.4 is 11.1 Å². The zero-order valence-corrected chi connectivity index (χ0v) is 10.9. The van der Waals surface area contributed by atoms with Crippen LogP contribution in [0.15, 0.2) is 24.3 Å². The van der Waals surface area contributed by atoms with Gasteiger partial charge in [-0.2, -0.15) is 0 Å². The molecule has 0 radical (unpaired) electrons. The number of hydrogen-bond donors (Lipinski definition) is 2. The van der Waals surface area contributed by atoms with Gasteiger partial charge in [-0.1, -0.05) is 38.3 Å². The van der Waals surface area contributed by atoms with Gasteiger partial charge in [-0.25, -0.2) is 4.79 Å². The summed E-state index contributed by atoms with van der Waals surface area (Å²) in [6, 6.07) is 7.44. The van der Waals surface area contributed by atoms with Crippen molar-refractivity contribution in [3.05, 3.63) is 29.8 Å². The van der Waals surface area contributed by atoms with Gasteiger partial charge in [0.15, 0.2) is 0 Å². The number of nitrogens with one attached hydrogen (secondary N) is 1. The van der Waals surface area contributed by atoms with E-state index in [9.17, 15) is 4.79 Å². The summed E-state index contributed by atoms with van der Waals surface area (Å²) in [5.74, 6) is 0. The summed E-state index contributed by atoms with van der Waals surface area (Å²) in [4.78, 5) is 11.5. The third-order valence-corrected chi connectivity index (χ3v) is 2.64. The average Bonchev–Trinajstić information content (AvgIpc) is 2.38. The first-order valence-electron chi connectivity index (χ1n) is 6.49. The molecule has 1 aromatic carbocycles. The molecule has 3 N–H and O–H groups in total. The lowest BCUT2D eigenvalue weighted by atomic mass is 10.2. The van der Waals surface area contributed by atoms with Gasteiger partial charge in [-0.15, -0.1) is 0 Å².